The fourth-order valence-corrected chi connectivity index (χ4v) is 1.87. The lowest BCUT2D eigenvalue weighted by Gasteiger charge is -2.04. The zero-order valence-electron chi connectivity index (χ0n) is 12.7. The van der Waals surface area contributed by atoms with Crippen LogP contribution < -0.4 is 14.8 Å². The fourth-order valence-electron chi connectivity index (χ4n) is 1.87. The summed E-state index contributed by atoms with van der Waals surface area (Å²) in [6.07, 6.45) is 3.26. The number of nitrogens with one attached hydrogen (secondary N) is 1. The quantitative estimate of drug-likeness (QED) is 0.826. The van der Waals surface area contributed by atoms with E-state index in [1.807, 2.05) is 31.2 Å². The standard InChI is InChI=1S/C18H19NO3/c1-3-22-17-9-4-14(5-10-17)6-13-18(20)19-15-7-11-16(21-2)12-8-15/h4-13H,3H2,1-2H3,(H,19,20)/b13-6+. The zero-order valence-corrected chi connectivity index (χ0v) is 12.7. The number of amides is 1. The van der Waals surface area contributed by atoms with E-state index >= 15 is 0 Å². The molecule has 1 N–H and O–H groups in total. The average Bonchev–Trinajstić information content (AvgIpc) is 2.55. The minimum absolute atomic E-state index is 0.181. The third-order valence-corrected chi connectivity index (χ3v) is 2.98. The van der Waals surface area contributed by atoms with Crippen LogP contribution >= 0.6 is 0 Å². The van der Waals surface area contributed by atoms with Crippen LogP contribution in [0.4, 0.5) is 5.69 Å². The van der Waals surface area contributed by atoms with Crippen molar-refractivity contribution in [3.05, 3.63) is 60.2 Å². The Bertz CT molecular complexity index is 630. The van der Waals surface area contributed by atoms with E-state index in [0.717, 1.165) is 22.7 Å². The summed E-state index contributed by atoms with van der Waals surface area (Å²) in [5, 5.41) is 2.79. The Hall–Kier alpha value is -2.75. The SMILES string of the molecule is CCOc1ccc(/C=C/C(=O)Nc2ccc(OC)cc2)cc1. The first kappa shape index (κ1) is 15.6. The van der Waals surface area contributed by atoms with E-state index in [4.69, 9.17) is 9.47 Å². The summed E-state index contributed by atoms with van der Waals surface area (Å²) in [4.78, 5) is 11.9. The van der Waals surface area contributed by atoms with E-state index in [0.29, 0.717) is 6.61 Å². The number of carbonyl (C=O) groups excluding carboxylic acids is 1. The molecular formula is C18H19NO3. The van der Waals surface area contributed by atoms with Gasteiger partial charge in [0, 0.05) is 11.8 Å². The molecular weight excluding hydrogens is 278 g/mol. The third kappa shape index (κ3) is 4.66. The molecule has 0 heterocycles. The Kier molecular flexibility index (Phi) is 5.60. The van der Waals surface area contributed by atoms with E-state index in [9.17, 15) is 4.79 Å². The van der Waals surface area contributed by atoms with Gasteiger partial charge in [-0.25, -0.2) is 0 Å². The minimum Gasteiger partial charge on any atom is -0.497 e. The topological polar surface area (TPSA) is 47.6 Å². The molecule has 0 saturated heterocycles. The first-order valence-corrected chi connectivity index (χ1v) is 7.07. The molecule has 2 aromatic carbocycles. The summed E-state index contributed by atoms with van der Waals surface area (Å²) in [5.41, 5.74) is 1.66. The third-order valence-electron chi connectivity index (χ3n) is 2.98. The number of rotatable bonds is 6. The summed E-state index contributed by atoms with van der Waals surface area (Å²) in [6.45, 7) is 2.58. The number of anilines is 1. The molecule has 22 heavy (non-hydrogen) atoms. The van der Waals surface area contributed by atoms with Crippen LogP contribution in [0.2, 0.25) is 0 Å². The number of ether oxygens (including phenoxy) is 2. The predicted molar refractivity (Wildman–Crippen MR) is 88.3 cm³/mol. The second-order valence-electron chi connectivity index (χ2n) is 4.55. The van der Waals surface area contributed by atoms with E-state index in [1.54, 1.807) is 37.5 Å². The molecule has 0 aliphatic heterocycles. The van der Waals surface area contributed by atoms with Crippen molar-refractivity contribution in [2.24, 2.45) is 0 Å². The minimum atomic E-state index is -0.181. The summed E-state index contributed by atoms with van der Waals surface area (Å²) < 4.78 is 10.4. The van der Waals surface area contributed by atoms with Gasteiger partial charge in [-0.3, -0.25) is 4.79 Å². The Morgan fingerprint density at radius 3 is 2.27 bits per heavy atom. The second kappa shape index (κ2) is 7.88. The Morgan fingerprint density at radius 2 is 1.68 bits per heavy atom. The van der Waals surface area contributed by atoms with Gasteiger partial charge in [0.05, 0.1) is 13.7 Å². The first-order valence-electron chi connectivity index (χ1n) is 7.07. The van der Waals surface area contributed by atoms with Crippen molar-refractivity contribution >= 4 is 17.7 Å². The van der Waals surface area contributed by atoms with Crippen LogP contribution in [0.25, 0.3) is 6.08 Å². The van der Waals surface area contributed by atoms with E-state index < -0.39 is 0 Å². The van der Waals surface area contributed by atoms with Gasteiger partial charge in [0.25, 0.3) is 0 Å². The first-order chi connectivity index (χ1) is 10.7. The number of benzene rings is 2. The van der Waals surface area contributed by atoms with Crippen molar-refractivity contribution in [1.29, 1.82) is 0 Å². The molecule has 4 nitrogen and oxygen atoms in total. The van der Waals surface area contributed by atoms with Gasteiger partial charge in [-0.15, -0.1) is 0 Å². The monoisotopic (exact) mass is 297 g/mol. The number of methoxy groups -OCH3 is 1. The molecule has 0 aromatic heterocycles. The van der Waals surface area contributed by atoms with Gasteiger partial charge in [-0.1, -0.05) is 12.1 Å². The van der Waals surface area contributed by atoms with Crippen molar-refractivity contribution in [1.82, 2.24) is 0 Å². The lowest BCUT2D eigenvalue weighted by atomic mass is 10.2. The highest BCUT2D eigenvalue weighted by molar-refractivity contribution is 6.01. The van der Waals surface area contributed by atoms with Crippen molar-refractivity contribution < 1.29 is 14.3 Å². The Labute approximate surface area is 130 Å². The van der Waals surface area contributed by atoms with Gasteiger partial charge in [0.15, 0.2) is 0 Å². The molecule has 1 amide bonds. The van der Waals surface area contributed by atoms with E-state index in [2.05, 4.69) is 5.32 Å². The highest BCUT2D eigenvalue weighted by atomic mass is 16.5. The van der Waals surface area contributed by atoms with Crippen LogP contribution in [0.1, 0.15) is 12.5 Å². The van der Waals surface area contributed by atoms with Gasteiger partial charge < -0.3 is 14.8 Å². The maximum absolute atomic E-state index is 11.9. The Morgan fingerprint density at radius 1 is 1.05 bits per heavy atom. The molecule has 0 fully saturated rings. The maximum Gasteiger partial charge on any atom is 0.248 e. The fraction of sp³-hybridized carbons (Fsp3) is 0.167. The lowest BCUT2D eigenvalue weighted by Crippen LogP contribution is -2.07. The number of hydrogen-bond acceptors (Lipinski definition) is 3. The zero-order chi connectivity index (χ0) is 15.8. The molecule has 0 aliphatic rings. The number of hydrogen-bond donors (Lipinski definition) is 1. The van der Waals surface area contributed by atoms with Crippen molar-refractivity contribution in [2.75, 3.05) is 19.0 Å². The van der Waals surface area contributed by atoms with Crippen LogP contribution in [0.15, 0.2) is 54.6 Å². The van der Waals surface area contributed by atoms with Crippen molar-refractivity contribution in [3.8, 4) is 11.5 Å². The number of carbonyl (C=O) groups is 1. The van der Waals surface area contributed by atoms with Crippen LogP contribution in [-0.2, 0) is 4.79 Å². The molecule has 114 valence electrons. The molecule has 0 saturated carbocycles. The van der Waals surface area contributed by atoms with Crippen LogP contribution in [-0.4, -0.2) is 19.6 Å². The van der Waals surface area contributed by atoms with Crippen LogP contribution in [0.3, 0.4) is 0 Å². The Balaban J connectivity index is 1.92. The normalized spacial score (nSPS) is 10.5. The molecule has 0 atom stereocenters. The molecule has 0 radical (unpaired) electrons. The highest BCUT2D eigenvalue weighted by Gasteiger charge is 1.99. The highest BCUT2D eigenvalue weighted by Crippen LogP contribution is 2.15. The van der Waals surface area contributed by atoms with Gasteiger partial charge >= 0.3 is 0 Å². The molecule has 0 aliphatic carbocycles. The molecule has 2 aromatic rings. The molecule has 4 heteroatoms. The van der Waals surface area contributed by atoms with Crippen LogP contribution in [0.5, 0.6) is 11.5 Å². The van der Waals surface area contributed by atoms with Gasteiger partial charge in [-0.05, 0) is 55.0 Å². The summed E-state index contributed by atoms with van der Waals surface area (Å²) in [7, 11) is 1.60. The van der Waals surface area contributed by atoms with E-state index in [-0.39, 0.29) is 5.91 Å². The van der Waals surface area contributed by atoms with Crippen molar-refractivity contribution in [3.63, 3.8) is 0 Å². The summed E-state index contributed by atoms with van der Waals surface area (Å²) in [6, 6.07) is 14.7. The second-order valence-corrected chi connectivity index (χ2v) is 4.55. The van der Waals surface area contributed by atoms with Gasteiger partial charge in [-0.2, -0.15) is 0 Å². The van der Waals surface area contributed by atoms with Gasteiger partial charge in [0.1, 0.15) is 11.5 Å². The van der Waals surface area contributed by atoms with Crippen LogP contribution in [0, 0.1) is 0 Å². The maximum atomic E-state index is 11.9. The average molecular weight is 297 g/mol. The summed E-state index contributed by atoms with van der Waals surface area (Å²) >= 11 is 0. The van der Waals surface area contributed by atoms with E-state index in [1.165, 1.54) is 6.08 Å². The molecule has 0 unspecified atom stereocenters. The molecule has 0 bridgehead atoms. The lowest BCUT2D eigenvalue weighted by molar-refractivity contribution is -0.111. The van der Waals surface area contributed by atoms with Gasteiger partial charge in [0.2, 0.25) is 5.91 Å². The largest absolute Gasteiger partial charge is 0.497 e. The molecule has 2 rings (SSSR count). The smallest absolute Gasteiger partial charge is 0.248 e. The van der Waals surface area contributed by atoms with Crippen molar-refractivity contribution in [2.45, 2.75) is 6.92 Å². The molecule has 0 spiro atoms. The summed E-state index contributed by atoms with van der Waals surface area (Å²) in [5.74, 6) is 1.39. The predicted octanol–water partition coefficient (Wildman–Crippen LogP) is 3.75.